The molecule has 2 aromatic rings. The molecule has 0 bridgehead atoms. The molecular weight excluding hydrogens is 462 g/mol. The van der Waals surface area contributed by atoms with E-state index >= 15 is 0 Å². The van der Waals surface area contributed by atoms with Gasteiger partial charge >= 0.3 is 11.9 Å². The minimum atomic E-state index is -1.12. The van der Waals surface area contributed by atoms with E-state index < -0.39 is 35.9 Å². The van der Waals surface area contributed by atoms with Crippen molar-refractivity contribution in [1.82, 2.24) is 10.6 Å². The van der Waals surface area contributed by atoms with Crippen molar-refractivity contribution in [2.24, 2.45) is 0 Å². The summed E-state index contributed by atoms with van der Waals surface area (Å²) in [7, 11) is 1.32. The third-order valence-corrected chi connectivity index (χ3v) is 6.79. The Bertz CT molecular complexity index is 1100. The largest absolute Gasteiger partial charge is 0.480 e. The van der Waals surface area contributed by atoms with Crippen LogP contribution in [-0.2, 0) is 23.9 Å². The van der Waals surface area contributed by atoms with E-state index in [2.05, 4.69) is 15.5 Å². The number of ether oxygens (including phenoxy) is 1. The SMILES string of the molecule is COC(=O)C1(NC(=O)C(C)c2ccccc2)CCN(c2cccc(C(C)C(=O)NCC(=O)O)c2)CC1. The molecule has 1 aliphatic rings. The van der Waals surface area contributed by atoms with Gasteiger partial charge in [-0.25, -0.2) is 4.79 Å². The van der Waals surface area contributed by atoms with E-state index in [0.29, 0.717) is 25.9 Å². The van der Waals surface area contributed by atoms with Gasteiger partial charge in [-0.1, -0.05) is 42.5 Å². The van der Waals surface area contributed by atoms with Gasteiger partial charge in [-0.15, -0.1) is 0 Å². The van der Waals surface area contributed by atoms with E-state index in [-0.39, 0.29) is 11.8 Å². The lowest BCUT2D eigenvalue weighted by Crippen LogP contribution is -2.61. The number of hydrogen-bond acceptors (Lipinski definition) is 6. The number of amides is 2. The van der Waals surface area contributed by atoms with Gasteiger partial charge in [0.05, 0.1) is 18.9 Å². The Morgan fingerprint density at radius 3 is 2.17 bits per heavy atom. The van der Waals surface area contributed by atoms with Gasteiger partial charge in [0.15, 0.2) is 0 Å². The highest BCUT2D eigenvalue weighted by molar-refractivity contribution is 5.91. The lowest BCUT2D eigenvalue weighted by molar-refractivity contribution is -0.152. The van der Waals surface area contributed by atoms with Gasteiger partial charge in [-0.2, -0.15) is 0 Å². The molecular formula is C27H33N3O6. The average Bonchev–Trinajstić information content (AvgIpc) is 2.91. The van der Waals surface area contributed by atoms with Crippen molar-refractivity contribution in [2.75, 3.05) is 31.6 Å². The maximum atomic E-state index is 13.1. The molecule has 0 aliphatic carbocycles. The number of methoxy groups -OCH3 is 1. The van der Waals surface area contributed by atoms with Gasteiger partial charge in [0.1, 0.15) is 12.1 Å². The van der Waals surface area contributed by atoms with E-state index in [4.69, 9.17) is 9.84 Å². The maximum absolute atomic E-state index is 13.1. The standard InChI is InChI=1S/C27H33N3O6/c1-18(20-8-5-4-6-9-20)25(34)29-27(26(35)36-3)12-14-30(15-13-27)22-11-7-10-21(16-22)19(2)24(33)28-17-23(31)32/h4-11,16,18-19H,12-15,17H2,1-3H3,(H,28,33)(H,29,34)(H,31,32). The zero-order valence-corrected chi connectivity index (χ0v) is 20.8. The zero-order chi connectivity index (χ0) is 26.3. The highest BCUT2D eigenvalue weighted by atomic mass is 16.5. The third-order valence-electron chi connectivity index (χ3n) is 6.79. The third kappa shape index (κ3) is 6.21. The second kappa shape index (κ2) is 11.7. The number of carbonyl (C=O) groups is 4. The lowest BCUT2D eigenvalue weighted by Gasteiger charge is -2.41. The van der Waals surface area contributed by atoms with E-state index in [1.165, 1.54) is 7.11 Å². The summed E-state index contributed by atoms with van der Waals surface area (Å²) in [5, 5.41) is 14.2. The quantitative estimate of drug-likeness (QED) is 0.456. The second-order valence-electron chi connectivity index (χ2n) is 9.11. The Kier molecular flexibility index (Phi) is 8.68. The molecule has 0 aromatic heterocycles. The van der Waals surface area contributed by atoms with Crippen LogP contribution in [0.25, 0.3) is 0 Å². The molecule has 0 saturated carbocycles. The van der Waals surface area contributed by atoms with E-state index in [9.17, 15) is 19.2 Å². The van der Waals surface area contributed by atoms with Crippen molar-refractivity contribution >= 4 is 29.4 Å². The summed E-state index contributed by atoms with van der Waals surface area (Å²) in [6.07, 6.45) is 0.734. The molecule has 2 aromatic carbocycles. The molecule has 2 amide bonds. The van der Waals surface area contributed by atoms with Crippen molar-refractivity contribution in [2.45, 2.75) is 44.1 Å². The predicted molar refractivity (Wildman–Crippen MR) is 135 cm³/mol. The molecule has 2 atom stereocenters. The number of carbonyl (C=O) groups excluding carboxylic acids is 3. The van der Waals surface area contributed by atoms with Crippen LogP contribution in [-0.4, -0.2) is 61.1 Å². The number of nitrogens with one attached hydrogen (secondary N) is 2. The number of hydrogen-bond donors (Lipinski definition) is 3. The van der Waals surface area contributed by atoms with Gasteiger partial charge in [-0.05, 0) is 49.9 Å². The number of rotatable bonds is 9. The zero-order valence-electron chi connectivity index (χ0n) is 20.8. The first kappa shape index (κ1) is 26.7. The fraction of sp³-hybridized carbons (Fsp3) is 0.407. The molecule has 0 spiro atoms. The van der Waals surface area contributed by atoms with Crippen molar-refractivity contribution in [3.63, 3.8) is 0 Å². The van der Waals surface area contributed by atoms with Crippen LogP contribution in [0.15, 0.2) is 54.6 Å². The van der Waals surface area contributed by atoms with Gasteiger partial charge in [0.25, 0.3) is 0 Å². The fourth-order valence-electron chi connectivity index (χ4n) is 4.42. The van der Waals surface area contributed by atoms with Crippen LogP contribution in [0, 0.1) is 0 Å². The molecule has 9 nitrogen and oxygen atoms in total. The Labute approximate surface area is 210 Å². The van der Waals surface area contributed by atoms with E-state index in [1.54, 1.807) is 6.92 Å². The minimum Gasteiger partial charge on any atom is -0.480 e. The number of esters is 1. The van der Waals surface area contributed by atoms with Crippen LogP contribution < -0.4 is 15.5 Å². The molecule has 2 unspecified atom stereocenters. The molecule has 1 fully saturated rings. The van der Waals surface area contributed by atoms with Gasteiger partial charge < -0.3 is 25.4 Å². The highest BCUT2D eigenvalue weighted by Crippen LogP contribution is 2.30. The van der Waals surface area contributed by atoms with Crippen LogP contribution in [0.2, 0.25) is 0 Å². The number of benzene rings is 2. The van der Waals surface area contributed by atoms with Gasteiger partial charge in [0, 0.05) is 18.8 Å². The monoisotopic (exact) mass is 495 g/mol. The Balaban J connectivity index is 1.70. The molecule has 3 rings (SSSR count). The number of piperidine rings is 1. The number of aliphatic carboxylic acids is 1. The Morgan fingerprint density at radius 1 is 0.944 bits per heavy atom. The molecule has 0 radical (unpaired) electrons. The van der Waals surface area contributed by atoms with Crippen LogP contribution in [0.5, 0.6) is 0 Å². The summed E-state index contributed by atoms with van der Waals surface area (Å²) >= 11 is 0. The summed E-state index contributed by atoms with van der Waals surface area (Å²) in [5.41, 5.74) is 1.39. The van der Waals surface area contributed by atoms with Gasteiger partial charge in [0.2, 0.25) is 11.8 Å². The topological polar surface area (TPSA) is 125 Å². The minimum absolute atomic E-state index is 0.233. The summed E-state index contributed by atoms with van der Waals surface area (Å²) in [4.78, 5) is 51.0. The van der Waals surface area contributed by atoms with Crippen LogP contribution in [0.4, 0.5) is 5.69 Å². The Morgan fingerprint density at radius 2 is 1.56 bits per heavy atom. The second-order valence-corrected chi connectivity index (χ2v) is 9.11. The molecule has 1 heterocycles. The lowest BCUT2D eigenvalue weighted by atomic mass is 9.85. The first-order valence-corrected chi connectivity index (χ1v) is 12.0. The number of carboxylic acid groups (broad SMARTS) is 1. The summed E-state index contributed by atoms with van der Waals surface area (Å²) in [6, 6.07) is 16.9. The van der Waals surface area contributed by atoms with Crippen LogP contribution >= 0.6 is 0 Å². The number of nitrogens with zero attached hydrogens (tertiary/aromatic N) is 1. The van der Waals surface area contributed by atoms with Crippen LogP contribution in [0.3, 0.4) is 0 Å². The number of anilines is 1. The van der Waals surface area contributed by atoms with Crippen molar-refractivity contribution in [1.29, 1.82) is 0 Å². The summed E-state index contributed by atoms with van der Waals surface area (Å²) in [6.45, 7) is 4.10. The van der Waals surface area contributed by atoms with E-state index in [0.717, 1.165) is 16.8 Å². The molecule has 9 heteroatoms. The predicted octanol–water partition coefficient (Wildman–Crippen LogP) is 2.42. The highest BCUT2D eigenvalue weighted by Gasteiger charge is 2.44. The molecule has 36 heavy (non-hydrogen) atoms. The van der Waals surface area contributed by atoms with Crippen molar-refractivity contribution in [3.05, 3.63) is 65.7 Å². The van der Waals surface area contributed by atoms with Crippen LogP contribution in [0.1, 0.15) is 49.7 Å². The summed E-state index contributed by atoms with van der Waals surface area (Å²) < 4.78 is 5.08. The first-order chi connectivity index (χ1) is 17.2. The van der Waals surface area contributed by atoms with Crippen molar-refractivity contribution in [3.8, 4) is 0 Å². The van der Waals surface area contributed by atoms with Crippen molar-refractivity contribution < 1.29 is 29.0 Å². The Hall–Kier alpha value is -3.88. The fourth-order valence-corrected chi connectivity index (χ4v) is 4.42. The van der Waals surface area contributed by atoms with Gasteiger partial charge in [-0.3, -0.25) is 14.4 Å². The summed E-state index contributed by atoms with van der Waals surface area (Å²) in [5.74, 6) is -3.11. The smallest absolute Gasteiger partial charge is 0.331 e. The normalized spacial score (nSPS) is 16.4. The van der Waals surface area contributed by atoms with E-state index in [1.807, 2.05) is 61.5 Å². The molecule has 192 valence electrons. The number of carboxylic acids is 1. The molecule has 3 N–H and O–H groups in total. The maximum Gasteiger partial charge on any atom is 0.331 e. The average molecular weight is 496 g/mol. The first-order valence-electron chi connectivity index (χ1n) is 12.0. The molecule has 1 saturated heterocycles. The molecule has 1 aliphatic heterocycles.